The SMILES string of the molecule is CCCC(C#Cc1cc(S(=O)N2CCC(N=C/C(=C\N=CN)OC(F)F)CC2)ccc1C#N)N1CCC(c2ccc3c(N(C=O)CCC(=O)NC)nn(C)c3c2)CC1. The number of nitrogens with one attached hydrogen (secondary N) is 1. The van der Waals surface area contributed by atoms with Crippen LogP contribution in [0.1, 0.15) is 74.5 Å². The molecular weight excluding hydrogens is 767 g/mol. The predicted octanol–water partition coefficient (Wildman–Crippen LogP) is 4.57. The molecule has 0 radical (unpaired) electrons. The number of hydrogen-bond acceptors (Lipinski definition) is 9. The van der Waals surface area contributed by atoms with Gasteiger partial charge in [-0.3, -0.25) is 29.1 Å². The van der Waals surface area contributed by atoms with E-state index in [0.717, 1.165) is 62.2 Å². The summed E-state index contributed by atoms with van der Waals surface area (Å²) in [7, 11) is 1.92. The predicted molar refractivity (Wildman–Crippen MR) is 220 cm³/mol. The van der Waals surface area contributed by atoms with Crippen molar-refractivity contribution in [1.82, 2.24) is 24.3 Å². The molecule has 0 aliphatic carbocycles. The third-order valence-corrected chi connectivity index (χ3v) is 11.9. The lowest BCUT2D eigenvalue weighted by Crippen LogP contribution is -2.40. The highest BCUT2D eigenvalue weighted by atomic mass is 32.2. The van der Waals surface area contributed by atoms with Crippen LogP contribution in [0.2, 0.25) is 0 Å². The quantitative estimate of drug-likeness (QED) is 0.0696. The van der Waals surface area contributed by atoms with E-state index in [1.54, 1.807) is 29.9 Å². The Morgan fingerprint density at radius 3 is 2.57 bits per heavy atom. The Morgan fingerprint density at radius 2 is 1.91 bits per heavy atom. The van der Waals surface area contributed by atoms with Crippen molar-refractivity contribution in [2.45, 2.75) is 81.4 Å². The molecule has 3 aromatic rings. The number of rotatable bonds is 16. The average molecular weight is 817 g/mol. The summed E-state index contributed by atoms with van der Waals surface area (Å²) in [5, 5.41) is 18.0. The maximum atomic E-state index is 13.7. The van der Waals surface area contributed by atoms with Gasteiger partial charge in [0.05, 0.1) is 46.8 Å². The van der Waals surface area contributed by atoms with Crippen LogP contribution in [-0.4, -0.2) is 107 Å². The maximum Gasteiger partial charge on any atom is 0.387 e. The summed E-state index contributed by atoms with van der Waals surface area (Å²) in [6.45, 7) is 1.98. The van der Waals surface area contributed by atoms with Crippen molar-refractivity contribution in [2.24, 2.45) is 22.8 Å². The summed E-state index contributed by atoms with van der Waals surface area (Å²) in [6, 6.07) is 13.4. The minimum atomic E-state index is -3.03. The van der Waals surface area contributed by atoms with E-state index < -0.39 is 17.6 Å². The van der Waals surface area contributed by atoms with Gasteiger partial charge in [0.15, 0.2) is 11.6 Å². The normalized spacial score (nSPS) is 17.3. The second-order valence-electron chi connectivity index (χ2n) is 14.0. The number of aromatic nitrogens is 2. The van der Waals surface area contributed by atoms with Gasteiger partial charge in [0.2, 0.25) is 12.3 Å². The number of ether oxygens (including phenoxy) is 1. The van der Waals surface area contributed by atoms with Crippen molar-refractivity contribution in [3.05, 3.63) is 65.0 Å². The number of halogens is 2. The highest BCUT2D eigenvalue weighted by molar-refractivity contribution is 7.82. The largest absolute Gasteiger partial charge is 0.432 e. The number of nitrogens with two attached hydrogens (primary N) is 1. The van der Waals surface area contributed by atoms with Crippen molar-refractivity contribution in [3.8, 4) is 17.9 Å². The van der Waals surface area contributed by atoms with E-state index >= 15 is 0 Å². The molecule has 0 spiro atoms. The molecule has 2 amide bonds. The van der Waals surface area contributed by atoms with Crippen LogP contribution in [0.15, 0.2) is 63.2 Å². The van der Waals surface area contributed by atoms with Crippen LogP contribution in [0.25, 0.3) is 10.9 Å². The zero-order valence-electron chi connectivity index (χ0n) is 33.0. The average Bonchev–Trinajstić information content (AvgIpc) is 3.57. The smallest absolute Gasteiger partial charge is 0.387 e. The number of hydrogen-bond donors (Lipinski definition) is 2. The molecule has 3 N–H and O–H groups in total. The fraction of sp³-hybridized carbons (Fsp3) is 0.463. The van der Waals surface area contributed by atoms with Crippen LogP contribution in [0.5, 0.6) is 0 Å². The Kier molecular flexibility index (Phi) is 16.0. The molecule has 3 heterocycles. The van der Waals surface area contributed by atoms with Crippen LogP contribution in [0, 0.1) is 23.2 Å². The van der Waals surface area contributed by atoms with E-state index in [9.17, 15) is 27.8 Å². The highest BCUT2D eigenvalue weighted by Gasteiger charge is 2.27. The summed E-state index contributed by atoms with van der Waals surface area (Å²) in [6.07, 6.45) is 8.92. The molecule has 5 rings (SSSR count). The molecule has 308 valence electrons. The lowest BCUT2D eigenvalue weighted by atomic mass is 9.88. The third-order valence-electron chi connectivity index (χ3n) is 10.4. The Hall–Kier alpha value is -5.49. The number of nitriles is 1. The summed E-state index contributed by atoms with van der Waals surface area (Å²) in [5.41, 5.74) is 8.28. The fourth-order valence-corrected chi connectivity index (χ4v) is 8.48. The van der Waals surface area contributed by atoms with Crippen molar-refractivity contribution in [2.75, 3.05) is 44.7 Å². The number of fused-ring (bicyclic) bond motifs is 1. The van der Waals surface area contributed by atoms with E-state index in [1.807, 2.05) is 17.4 Å². The first-order valence-electron chi connectivity index (χ1n) is 19.4. The molecule has 0 saturated carbocycles. The van der Waals surface area contributed by atoms with Gasteiger partial charge in [0, 0.05) is 51.1 Å². The molecule has 2 saturated heterocycles. The first kappa shape index (κ1) is 43.6. The number of benzene rings is 2. The number of amides is 2. The number of anilines is 1. The van der Waals surface area contributed by atoms with Crippen LogP contribution >= 0.6 is 0 Å². The molecule has 2 aliphatic rings. The van der Waals surface area contributed by atoms with E-state index in [4.69, 9.17) is 5.73 Å². The number of piperidine rings is 2. The number of carbonyl (C=O) groups excluding carboxylic acids is 2. The lowest BCUT2D eigenvalue weighted by molar-refractivity contribution is -0.120. The first-order chi connectivity index (χ1) is 28.1. The minimum absolute atomic E-state index is 0.0129. The number of aliphatic imine (C=N–C) groups is 2. The summed E-state index contributed by atoms with van der Waals surface area (Å²) >= 11 is 0. The number of likely N-dealkylation sites (tertiary alicyclic amines) is 1. The van der Waals surface area contributed by atoms with Crippen molar-refractivity contribution in [1.29, 1.82) is 5.26 Å². The molecule has 1 aromatic heterocycles. The molecule has 2 aliphatic heterocycles. The van der Waals surface area contributed by atoms with Gasteiger partial charge in [-0.05, 0) is 87.0 Å². The zero-order valence-corrected chi connectivity index (χ0v) is 33.8. The van der Waals surface area contributed by atoms with E-state index in [-0.39, 0.29) is 36.7 Å². The van der Waals surface area contributed by atoms with E-state index in [1.165, 1.54) is 16.7 Å². The van der Waals surface area contributed by atoms with Gasteiger partial charge in [0.1, 0.15) is 17.1 Å². The van der Waals surface area contributed by atoms with Crippen LogP contribution in [0.4, 0.5) is 14.6 Å². The standard InChI is InChI=1S/C41H50F2N10O4S/c1-4-5-34(51-17-12-29(13-18-51)31-8-11-37-38(23-31)50(3)49-40(37)52(28-54)19-16-39(55)46-2)9-6-30-22-36(10-7-32(30)24-44)58(56)53-20-14-33(15-21-53)48-26-35(25-47-27-45)57-41(42)43/h7-8,10-11,22-23,25-29,33-34,41H,4-5,12-21H2,1-3H3,(H2,45,47)(H,46,55)/b35-25+,48-26?. The van der Waals surface area contributed by atoms with Gasteiger partial charge in [-0.15, -0.1) is 0 Å². The number of allylic oxidation sites excluding steroid dienone is 1. The Morgan fingerprint density at radius 1 is 1.16 bits per heavy atom. The first-order valence-corrected chi connectivity index (χ1v) is 20.5. The van der Waals surface area contributed by atoms with Gasteiger partial charge in [0.25, 0.3) is 0 Å². The number of aryl methyl sites for hydroxylation is 1. The number of nitrogens with zero attached hydrogens (tertiary/aromatic N) is 8. The molecule has 2 fully saturated rings. The molecule has 17 heteroatoms. The highest BCUT2D eigenvalue weighted by Crippen LogP contribution is 2.34. The second kappa shape index (κ2) is 21.3. The topological polar surface area (TPSA) is 175 Å². The van der Waals surface area contributed by atoms with Gasteiger partial charge in [-0.25, -0.2) is 13.5 Å². The molecular formula is C41H50F2N10O4S. The fourth-order valence-electron chi connectivity index (χ4n) is 7.23. The molecule has 2 aromatic carbocycles. The summed E-state index contributed by atoms with van der Waals surface area (Å²) < 4.78 is 47.2. The van der Waals surface area contributed by atoms with Crippen LogP contribution in [0.3, 0.4) is 0 Å². The maximum absolute atomic E-state index is 13.7. The Labute approximate surface area is 340 Å². The van der Waals surface area contributed by atoms with Crippen molar-refractivity contribution < 1.29 is 27.3 Å². The minimum Gasteiger partial charge on any atom is -0.432 e. The van der Waals surface area contributed by atoms with Crippen LogP contribution < -0.4 is 16.0 Å². The van der Waals surface area contributed by atoms with Crippen molar-refractivity contribution >= 4 is 52.6 Å². The third kappa shape index (κ3) is 11.3. The van der Waals surface area contributed by atoms with Gasteiger partial charge in [-0.2, -0.15) is 19.1 Å². The molecule has 0 bridgehead atoms. The molecule has 2 atom stereocenters. The van der Waals surface area contributed by atoms with Crippen LogP contribution in [-0.2, 0) is 32.4 Å². The van der Waals surface area contributed by atoms with Gasteiger partial charge < -0.3 is 15.8 Å². The lowest BCUT2D eigenvalue weighted by Gasteiger charge is -2.35. The number of carbonyl (C=O) groups is 2. The molecule has 14 nitrogen and oxygen atoms in total. The summed E-state index contributed by atoms with van der Waals surface area (Å²) in [4.78, 5) is 36.1. The Bertz CT molecular complexity index is 2120. The molecule has 58 heavy (non-hydrogen) atoms. The zero-order chi connectivity index (χ0) is 41.6. The monoisotopic (exact) mass is 816 g/mol. The Balaban J connectivity index is 1.22. The summed E-state index contributed by atoms with van der Waals surface area (Å²) in [5.74, 6) is 7.24. The van der Waals surface area contributed by atoms with Crippen molar-refractivity contribution in [3.63, 3.8) is 0 Å². The van der Waals surface area contributed by atoms with Gasteiger partial charge >= 0.3 is 6.61 Å². The number of alkyl halides is 2. The second-order valence-corrected chi connectivity index (χ2v) is 15.5. The van der Waals surface area contributed by atoms with Gasteiger partial charge in [-0.1, -0.05) is 31.3 Å². The molecule has 2 unspecified atom stereocenters. The van der Waals surface area contributed by atoms with E-state index in [2.05, 4.69) is 67.0 Å². The van der Waals surface area contributed by atoms with E-state index in [0.29, 0.717) is 60.1 Å².